The first-order valence-corrected chi connectivity index (χ1v) is 18.9. The van der Waals surface area contributed by atoms with E-state index < -0.39 is 0 Å². The van der Waals surface area contributed by atoms with Crippen LogP contribution in [0.15, 0.2) is 30.3 Å². The van der Waals surface area contributed by atoms with E-state index in [0.717, 1.165) is 18.4 Å². The van der Waals surface area contributed by atoms with Gasteiger partial charge in [-0.3, -0.25) is 4.79 Å². The molecule has 0 fully saturated rings. The number of unbranched alkanes of at least 4 members (excludes halogenated alkanes) is 5. The van der Waals surface area contributed by atoms with E-state index in [0.29, 0.717) is 152 Å². The third kappa shape index (κ3) is 37.8. The van der Waals surface area contributed by atoms with E-state index in [1.807, 2.05) is 30.3 Å². The number of carbonyl (C=O) groups excluding carboxylic acids is 1. The highest BCUT2D eigenvalue weighted by atomic mass is 16.6. The van der Waals surface area contributed by atoms with Crippen LogP contribution in [0.4, 0.5) is 0 Å². The van der Waals surface area contributed by atoms with Crippen molar-refractivity contribution in [3.63, 3.8) is 0 Å². The summed E-state index contributed by atoms with van der Waals surface area (Å²) in [5.74, 6) is -0.144. The normalized spacial score (nSPS) is 11.4. The smallest absolute Gasteiger partial charge is 0.305 e. The first-order chi connectivity index (χ1) is 25.3. The lowest BCUT2D eigenvalue weighted by Gasteiger charge is -2.09. The zero-order valence-corrected chi connectivity index (χ0v) is 31.4. The van der Waals surface area contributed by atoms with Crippen molar-refractivity contribution >= 4 is 5.97 Å². The van der Waals surface area contributed by atoms with Gasteiger partial charge in [0, 0.05) is 6.42 Å². The number of esters is 1. The van der Waals surface area contributed by atoms with Gasteiger partial charge >= 0.3 is 5.97 Å². The maximum absolute atomic E-state index is 11.7. The first kappa shape index (κ1) is 47.3. The molecule has 13 heteroatoms. The lowest BCUT2D eigenvalue weighted by Crippen LogP contribution is -2.15. The van der Waals surface area contributed by atoms with Crippen LogP contribution in [-0.2, 0) is 68.2 Å². The number of benzene rings is 1. The summed E-state index contributed by atoms with van der Waals surface area (Å²) in [6, 6.07) is 10.1. The molecule has 0 saturated heterocycles. The average molecular weight is 733 g/mol. The molecule has 0 spiro atoms. The standard InChI is InChI=1S/C38H68O13/c1-2-3-4-5-6-10-13-38(39)51-35-34-49-31-30-47-27-26-45-23-22-43-19-18-41-15-14-40-16-17-42-20-21-44-24-25-46-28-29-48-32-33-50-36-37-11-8-7-9-12-37/h7-9,11-12H,2-6,10,13-36H2,1H3. The molecule has 0 saturated carbocycles. The average Bonchev–Trinajstić information content (AvgIpc) is 3.15. The molecular weight excluding hydrogens is 664 g/mol. The number of ether oxygens (including phenoxy) is 12. The first-order valence-electron chi connectivity index (χ1n) is 18.9. The van der Waals surface area contributed by atoms with Gasteiger partial charge in [-0.2, -0.15) is 0 Å². The van der Waals surface area contributed by atoms with E-state index >= 15 is 0 Å². The van der Waals surface area contributed by atoms with Crippen LogP contribution in [0.3, 0.4) is 0 Å². The van der Waals surface area contributed by atoms with Crippen LogP contribution in [0.25, 0.3) is 0 Å². The van der Waals surface area contributed by atoms with Crippen LogP contribution in [0.5, 0.6) is 0 Å². The van der Waals surface area contributed by atoms with Crippen LogP contribution in [-0.4, -0.2) is 151 Å². The van der Waals surface area contributed by atoms with Gasteiger partial charge in [0.15, 0.2) is 0 Å². The molecule has 0 heterocycles. The number of carbonyl (C=O) groups is 1. The second kappa shape index (κ2) is 41.0. The van der Waals surface area contributed by atoms with Gasteiger partial charge in [-0.05, 0) is 12.0 Å². The van der Waals surface area contributed by atoms with Gasteiger partial charge in [-0.1, -0.05) is 69.4 Å². The van der Waals surface area contributed by atoms with Gasteiger partial charge in [-0.25, -0.2) is 0 Å². The van der Waals surface area contributed by atoms with Crippen molar-refractivity contribution in [2.75, 3.05) is 145 Å². The summed E-state index contributed by atoms with van der Waals surface area (Å²) in [6.45, 7) is 13.6. The van der Waals surface area contributed by atoms with E-state index in [9.17, 15) is 4.79 Å². The van der Waals surface area contributed by atoms with Gasteiger partial charge in [0.2, 0.25) is 0 Å². The lowest BCUT2D eigenvalue weighted by molar-refractivity contribution is -0.145. The van der Waals surface area contributed by atoms with Crippen molar-refractivity contribution in [2.24, 2.45) is 0 Å². The Morgan fingerprint density at radius 2 is 0.706 bits per heavy atom. The predicted octanol–water partition coefficient (Wildman–Crippen LogP) is 4.66. The molecule has 0 aliphatic heterocycles. The fraction of sp³-hybridized carbons (Fsp3) is 0.816. The zero-order chi connectivity index (χ0) is 36.4. The minimum Gasteiger partial charge on any atom is -0.463 e. The Bertz CT molecular complexity index is 818. The molecule has 0 atom stereocenters. The van der Waals surface area contributed by atoms with Crippen LogP contribution < -0.4 is 0 Å². The Morgan fingerprint density at radius 1 is 0.392 bits per heavy atom. The molecule has 0 bridgehead atoms. The third-order valence-corrected chi connectivity index (χ3v) is 7.06. The second-order valence-corrected chi connectivity index (χ2v) is 11.4. The van der Waals surface area contributed by atoms with Crippen LogP contribution >= 0.6 is 0 Å². The summed E-state index contributed by atoms with van der Waals surface area (Å²) in [4.78, 5) is 11.7. The Kier molecular flexibility index (Phi) is 38.0. The Morgan fingerprint density at radius 3 is 1.08 bits per heavy atom. The van der Waals surface area contributed by atoms with E-state index in [1.165, 1.54) is 25.7 Å². The van der Waals surface area contributed by atoms with Crippen molar-refractivity contribution in [2.45, 2.75) is 58.5 Å². The highest BCUT2D eigenvalue weighted by Crippen LogP contribution is 2.07. The van der Waals surface area contributed by atoms with Gasteiger partial charge < -0.3 is 56.8 Å². The maximum atomic E-state index is 11.7. The van der Waals surface area contributed by atoms with Crippen LogP contribution in [0, 0.1) is 0 Å². The van der Waals surface area contributed by atoms with Crippen molar-refractivity contribution in [3.8, 4) is 0 Å². The van der Waals surface area contributed by atoms with Crippen molar-refractivity contribution in [3.05, 3.63) is 35.9 Å². The molecule has 0 N–H and O–H groups in total. The summed E-state index contributed by atoms with van der Waals surface area (Å²) in [5.41, 5.74) is 1.16. The summed E-state index contributed by atoms with van der Waals surface area (Å²) in [5, 5.41) is 0. The molecule has 0 radical (unpaired) electrons. The van der Waals surface area contributed by atoms with Gasteiger partial charge in [-0.15, -0.1) is 0 Å². The highest BCUT2D eigenvalue weighted by Gasteiger charge is 2.03. The summed E-state index contributed by atoms with van der Waals surface area (Å²) in [6.07, 6.45) is 7.42. The highest BCUT2D eigenvalue weighted by molar-refractivity contribution is 5.69. The summed E-state index contributed by atoms with van der Waals surface area (Å²) in [7, 11) is 0. The lowest BCUT2D eigenvalue weighted by atomic mass is 10.1. The van der Waals surface area contributed by atoms with Crippen LogP contribution in [0.1, 0.15) is 57.4 Å². The zero-order valence-electron chi connectivity index (χ0n) is 31.4. The second-order valence-electron chi connectivity index (χ2n) is 11.4. The Labute approximate surface area is 307 Å². The van der Waals surface area contributed by atoms with Crippen LogP contribution in [0.2, 0.25) is 0 Å². The Balaban J connectivity index is 1.62. The summed E-state index contributed by atoms with van der Waals surface area (Å²) >= 11 is 0. The Hall–Kier alpha value is -1.75. The minimum atomic E-state index is -0.144. The molecule has 0 unspecified atom stereocenters. The molecule has 0 aliphatic rings. The fourth-order valence-corrected chi connectivity index (χ4v) is 4.30. The molecule has 0 aromatic heterocycles. The number of hydrogen-bond acceptors (Lipinski definition) is 13. The maximum Gasteiger partial charge on any atom is 0.305 e. The van der Waals surface area contributed by atoms with Gasteiger partial charge in [0.25, 0.3) is 0 Å². The third-order valence-electron chi connectivity index (χ3n) is 7.06. The van der Waals surface area contributed by atoms with E-state index in [1.54, 1.807) is 0 Å². The topological polar surface area (TPSA) is 128 Å². The largest absolute Gasteiger partial charge is 0.463 e. The molecule has 13 nitrogen and oxygen atoms in total. The number of hydrogen-bond donors (Lipinski definition) is 0. The molecule has 51 heavy (non-hydrogen) atoms. The van der Waals surface area contributed by atoms with Crippen molar-refractivity contribution < 1.29 is 61.6 Å². The molecule has 0 aliphatic carbocycles. The van der Waals surface area contributed by atoms with Crippen molar-refractivity contribution in [1.82, 2.24) is 0 Å². The van der Waals surface area contributed by atoms with Gasteiger partial charge in [0.05, 0.1) is 145 Å². The molecular formula is C38H68O13. The number of rotatable bonds is 42. The molecule has 1 rings (SSSR count). The predicted molar refractivity (Wildman–Crippen MR) is 193 cm³/mol. The van der Waals surface area contributed by atoms with E-state index in [-0.39, 0.29) is 12.6 Å². The van der Waals surface area contributed by atoms with E-state index in [2.05, 4.69) is 6.92 Å². The SMILES string of the molecule is CCCCCCCCC(=O)OCCOCCOCCOCCOCCOCCOCCOCCOCCOCCOCCOCc1ccccc1. The molecule has 298 valence electrons. The minimum absolute atomic E-state index is 0.144. The quantitative estimate of drug-likeness (QED) is 0.0684. The monoisotopic (exact) mass is 732 g/mol. The fourth-order valence-electron chi connectivity index (χ4n) is 4.30. The molecule has 1 aromatic carbocycles. The van der Waals surface area contributed by atoms with Gasteiger partial charge in [0.1, 0.15) is 6.61 Å². The molecule has 0 amide bonds. The summed E-state index contributed by atoms with van der Waals surface area (Å²) < 4.78 is 65.6. The van der Waals surface area contributed by atoms with Crippen molar-refractivity contribution in [1.29, 1.82) is 0 Å². The molecule has 1 aromatic rings. The van der Waals surface area contributed by atoms with E-state index in [4.69, 9.17) is 56.8 Å².